The van der Waals surface area contributed by atoms with Crippen LogP contribution in [0.15, 0.2) is 12.7 Å². The molecule has 1 aliphatic rings. The molecule has 0 saturated carbocycles. The van der Waals surface area contributed by atoms with Gasteiger partial charge in [-0.05, 0) is 18.1 Å². The van der Waals surface area contributed by atoms with Gasteiger partial charge in [0.15, 0.2) is 25.7 Å². The number of methoxy groups -OCH3 is 1. The van der Waals surface area contributed by atoms with Gasteiger partial charge >= 0.3 is 0 Å². The zero-order valence-corrected chi connectivity index (χ0v) is 17.2. The fourth-order valence-corrected chi connectivity index (χ4v) is 3.77. The number of nitrogens with zero attached hydrogens (tertiary/aromatic N) is 4. The first-order chi connectivity index (χ1) is 12.1. The molecule has 0 bridgehead atoms. The SMILES string of the molecule is COc1ncnc2c1ncn2[C@@H]1O[C@H](CO[Si](C)(C)C(C)(C)C)C[C@@H]1F. The van der Waals surface area contributed by atoms with Crippen LogP contribution >= 0.6 is 0 Å². The molecule has 0 aliphatic carbocycles. The van der Waals surface area contributed by atoms with Crippen LogP contribution in [0.5, 0.6) is 5.88 Å². The molecule has 2 aromatic heterocycles. The Labute approximate surface area is 154 Å². The number of alkyl halides is 1. The quantitative estimate of drug-likeness (QED) is 0.737. The van der Waals surface area contributed by atoms with Gasteiger partial charge in [-0.3, -0.25) is 4.57 Å². The van der Waals surface area contributed by atoms with Crippen molar-refractivity contribution in [3.05, 3.63) is 12.7 Å². The molecule has 0 aromatic carbocycles. The number of imidazole rings is 1. The average Bonchev–Trinajstić information content (AvgIpc) is 3.14. The molecule has 1 aliphatic heterocycles. The van der Waals surface area contributed by atoms with E-state index < -0.39 is 20.7 Å². The van der Waals surface area contributed by atoms with Crippen molar-refractivity contribution in [3.8, 4) is 5.88 Å². The van der Waals surface area contributed by atoms with Gasteiger partial charge in [0.25, 0.3) is 0 Å². The van der Waals surface area contributed by atoms with Crippen molar-refractivity contribution >= 4 is 19.5 Å². The highest BCUT2D eigenvalue weighted by molar-refractivity contribution is 6.74. The Kier molecular flexibility index (Phi) is 5.06. The molecule has 7 nitrogen and oxygen atoms in total. The third-order valence-electron chi connectivity index (χ3n) is 5.36. The number of aromatic nitrogens is 4. The molecule has 0 radical (unpaired) electrons. The largest absolute Gasteiger partial charge is 0.479 e. The van der Waals surface area contributed by atoms with Gasteiger partial charge in [0.05, 0.1) is 26.1 Å². The third-order valence-corrected chi connectivity index (χ3v) is 9.86. The van der Waals surface area contributed by atoms with E-state index in [0.29, 0.717) is 30.1 Å². The summed E-state index contributed by atoms with van der Waals surface area (Å²) in [5.41, 5.74) is 0.988. The van der Waals surface area contributed by atoms with E-state index in [-0.39, 0.29) is 11.1 Å². The van der Waals surface area contributed by atoms with E-state index >= 15 is 0 Å². The lowest BCUT2D eigenvalue weighted by Crippen LogP contribution is -2.42. The molecule has 1 saturated heterocycles. The molecule has 3 atom stereocenters. The Bertz CT molecular complexity index is 777. The topological polar surface area (TPSA) is 71.3 Å². The first kappa shape index (κ1) is 19.2. The summed E-state index contributed by atoms with van der Waals surface area (Å²) in [6, 6.07) is 0. The van der Waals surface area contributed by atoms with Crippen molar-refractivity contribution in [2.45, 2.75) is 63.8 Å². The first-order valence-corrected chi connectivity index (χ1v) is 11.7. The highest BCUT2D eigenvalue weighted by atomic mass is 28.4. The molecule has 9 heteroatoms. The standard InChI is InChI=1S/C17H27FN4O3Si/c1-17(2,3)26(5,6)24-8-11-7-12(18)16(25-11)22-10-21-13-14(22)19-9-20-15(13)23-4/h9-12,16H,7-8H2,1-6H3/t11-,12-,16+/m0/s1. The van der Waals surface area contributed by atoms with Crippen molar-refractivity contribution in [2.24, 2.45) is 0 Å². The van der Waals surface area contributed by atoms with E-state index in [4.69, 9.17) is 13.9 Å². The molecule has 0 N–H and O–H groups in total. The van der Waals surface area contributed by atoms with Crippen LogP contribution in [0.25, 0.3) is 11.2 Å². The number of hydrogen-bond donors (Lipinski definition) is 0. The number of halogens is 1. The number of hydrogen-bond acceptors (Lipinski definition) is 6. The highest BCUT2D eigenvalue weighted by Crippen LogP contribution is 2.38. The second-order valence-corrected chi connectivity index (χ2v) is 13.0. The maximum Gasteiger partial charge on any atom is 0.245 e. The maximum absolute atomic E-state index is 14.7. The summed E-state index contributed by atoms with van der Waals surface area (Å²) in [5, 5.41) is 0.105. The molecular weight excluding hydrogens is 355 g/mol. The minimum Gasteiger partial charge on any atom is -0.479 e. The average molecular weight is 383 g/mol. The lowest BCUT2D eigenvalue weighted by atomic mass is 10.2. The van der Waals surface area contributed by atoms with Crippen LogP contribution in [0.2, 0.25) is 18.1 Å². The van der Waals surface area contributed by atoms with Crippen molar-refractivity contribution in [1.82, 2.24) is 19.5 Å². The maximum atomic E-state index is 14.7. The zero-order chi connectivity index (χ0) is 19.1. The monoisotopic (exact) mass is 382 g/mol. The molecule has 0 unspecified atom stereocenters. The molecule has 3 heterocycles. The Balaban J connectivity index is 1.74. The molecule has 2 aromatic rings. The third kappa shape index (κ3) is 3.47. The predicted molar refractivity (Wildman–Crippen MR) is 98.4 cm³/mol. The van der Waals surface area contributed by atoms with Crippen molar-refractivity contribution in [1.29, 1.82) is 0 Å². The van der Waals surface area contributed by atoms with E-state index in [1.807, 2.05) is 0 Å². The second-order valence-electron chi connectivity index (χ2n) is 8.18. The highest BCUT2D eigenvalue weighted by Gasteiger charge is 2.41. The summed E-state index contributed by atoms with van der Waals surface area (Å²) in [7, 11) is -0.385. The van der Waals surface area contributed by atoms with E-state index in [0.717, 1.165) is 0 Å². The van der Waals surface area contributed by atoms with E-state index in [1.165, 1.54) is 19.8 Å². The molecule has 26 heavy (non-hydrogen) atoms. The summed E-state index contributed by atoms with van der Waals surface area (Å²) < 4.78 is 33.6. The summed E-state index contributed by atoms with van der Waals surface area (Å²) in [4.78, 5) is 12.5. The van der Waals surface area contributed by atoms with E-state index in [1.54, 1.807) is 4.57 Å². The number of ether oxygens (including phenoxy) is 2. The van der Waals surface area contributed by atoms with Crippen LogP contribution in [0.1, 0.15) is 33.4 Å². The first-order valence-electron chi connectivity index (χ1n) is 8.79. The van der Waals surface area contributed by atoms with Crippen LogP contribution in [0.4, 0.5) is 4.39 Å². The van der Waals surface area contributed by atoms with Crippen molar-refractivity contribution < 1.29 is 18.3 Å². The second kappa shape index (κ2) is 6.86. The Morgan fingerprint density at radius 1 is 1.31 bits per heavy atom. The number of fused-ring (bicyclic) bond motifs is 1. The summed E-state index contributed by atoms with van der Waals surface area (Å²) in [5.74, 6) is 0.361. The van der Waals surface area contributed by atoms with Gasteiger partial charge in [-0.1, -0.05) is 20.8 Å². The smallest absolute Gasteiger partial charge is 0.245 e. The minimum absolute atomic E-state index is 0.105. The lowest BCUT2D eigenvalue weighted by molar-refractivity contribution is -0.0331. The number of rotatable bonds is 5. The Morgan fingerprint density at radius 3 is 2.69 bits per heavy atom. The molecule has 3 rings (SSSR count). The van der Waals surface area contributed by atoms with Gasteiger partial charge in [0.2, 0.25) is 5.88 Å². The van der Waals surface area contributed by atoms with Crippen LogP contribution in [0, 0.1) is 0 Å². The molecule has 144 valence electrons. The van der Waals surface area contributed by atoms with Gasteiger partial charge in [-0.15, -0.1) is 0 Å². The predicted octanol–water partition coefficient (Wildman–Crippen LogP) is 3.48. The Hall–Kier alpha value is -1.58. The normalized spacial score (nSPS) is 24.3. The molecule has 1 fully saturated rings. The molecular formula is C17H27FN4O3Si. The van der Waals surface area contributed by atoms with Gasteiger partial charge < -0.3 is 13.9 Å². The lowest BCUT2D eigenvalue weighted by Gasteiger charge is -2.36. The zero-order valence-electron chi connectivity index (χ0n) is 16.2. The van der Waals surface area contributed by atoms with Gasteiger partial charge in [-0.2, -0.15) is 4.98 Å². The van der Waals surface area contributed by atoms with Gasteiger partial charge in [0.1, 0.15) is 12.5 Å². The summed E-state index contributed by atoms with van der Waals surface area (Å²) in [6.45, 7) is 11.3. The van der Waals surface area contributed by atoms with Crippen molar-refractivity contribution in [2.75, 3.05) is 13.7 Å². The van der Waals surface area contributed by atoms with Gasteiger partial charge in [-0.25, -0.2) is 14.4 Å². The van der Waals surface area contributed by atoms with Crippen LogP contribution < -0.4 is 4.74 Å². The fourth-order valence-electron chi connectivity index (χ4n) is 2.74. The van der Waals surface area contributed by atoms with E-state index in [2.05, 4.69) is 48.8 Å². The molecule has 0 spiro atoms. The van der Waals surface area contributed by atoms with Crippen molar-refractivity contribution in [3.63, 3.8) is 0 Å². The van der Waals surface area contributed by atoms with Crippen LogP contribution in [-0.4, -0.2) is 53.8 Å². The van der Waals surface area contributed by atoms with E-state index in [9.17, 15) is 4.39 Å². The minimum atomic E-state index is -1.90. The van der Waals surface area contributed by atoms with Crippen LogP contribution in [-0.2, 0) is 9.16 Å². The van der Waals surface area contributed by atoms with Crippen LogP contribution in [0.3, 0.4) is 0 Å². The summed E-state index contributed by atoms with van der Waals surface area (Å²) >= 11 is 0. The Morgan fingerprint density at radius 2 is 2.04 bits per heavy atom. The summed E-state index contributed by atoms with van der Waals surface area (Å²) in [6.07, 6.45) is 0.982. The van der Waals surface area contributed by atoms with Gasteiger partial charge in [0, 0.05) is 6.42 Å². The fraction of sp³-hybridized carbons (Fsp3) is 0.706. The molecule has 0 amide bonds.